The maximum atomic E-state index is 12.5. The quantitative estimate of drug-likeness (QED) is 0.611. The number of hydrogen-bond donors (Lipinski definition) is 2. The molecule has 0 aliphatic carbocycles. The lowest BCUT2D eigenvalue weighted by molar-refractivity contribution is -0.150. The van der Waals surface area contributed by atoms with Crippen LogP contribution >= 0.6 is 39.3 Å². The third-order valence-electron chi connectivity index (χ3n) is 4.69. The van der Waals surface area contributed by atoms with Gasteiger partial charge in [-0.15, -0.1) is 11.8 Å². The van der Waals surface area contributed by atoms with E-state index in [1.54, 1.807) is 6.92 Å². The first-order chi connectivity index (χ1) is 13.7. The summed E-state index contributed by atoms with van der Waals surface area (Å²) >= 11 is 10.7. The molecule has 2 atom stereocenters. The number of amides is 2. The maximum Gasteiger partial charge on any atom is 0.420 e. The Hall–Kier alpha value is -2.24. The number of carboxylic acid groups (broad SMARTS) is 1. The average molecular weight is 503 g/mol. The summed E-state index contributed by atoms with van der Waals surface area (Å²) in [5.74, 6) is -2.53. The number of rotatable bonds is 4. The van der Waals surface area contributed by atoms with Crippen molar-refractivity contribution in [2.75, 3.05) is 5.75 Å². The molecule has 2 aromatic rings. The minimum Gasteiger partial charge on any atom is -0.477 e. The van der Waals surface area contributed by atoms with Crippen LogP contribution in [0.25, 0.3) is 11.1 Å². The summed E-state index contributed by atoms with van der Waals surface area (Å²) in [6.45, 7) is 1.29. The molecule has 9 nitrogen and oxygen atoms in total. The van der Waals surface area contributed by atoms with Crippen molar-refractivity contribution in [3.63, 3.8) is 0 Å². The number of β-lactam (4-membered cyclic amide) rings is 1. The van der Waals surface area contributed by atoms with E-state index in [1.165, 1.54) is 28.8 Å². The molecule has 0 bridgehead atoms. The number of halogens is 2. The van der Waals surface area contributed by atoms with Crippen LogP contribution in [0.15, 0.2) is 37.1 Å². The maximum absolute atomic E-state index is 12.5. The van der Waals surface area contributed by atoms with Crippen LogP contribution in [-0.2, 0) is 20.9 Å². The Labute approximate surface area is 180 Å². The first-order valence-corrected chi connectivity index (χ1v) is 10.6. The van der Waals surface area contributed by atoms with Gasteiger partial charge in [0.05, 0.1) is 10.5 Å². The topological polar surface area (TPSA) is 122 Å². The van der Waals surface area contributed by atoms with Gasteiger partial charge in [0.15, 0.2) is 5.58 Å². The van der Waals surface area contributed by atoms with Crippen LogP contribution < -0.4 is 11.1 Å². The van der Waals surface area contributed by atoms with Gasteiger partial charge in [-0.3, -0.25) is 19.1 Å². The fourth-order valence-corrected chi connectivity index (χ4v) is 5.12. The van der Waals surface area contributed by atoms with Crippen LogP contribution in [0.5, 0.6) is 0 Å². The summed E-state index contributed by atoms with van der Waals surface area (Å²) in [6, 6.07) is 2.17. The molecule has 152 valence electrons. The van der Waals surface area contributed by atoms with Gasteiger partial charge in [0.1, 0.15) is 23.7 Å². The molecule has 29 heavy (non-hydrogen) atoms. The Kier molecular flexibility index (Phi) is 4.99. The Morgan fingerprint density at radius 1 is 1.41 bits per heavy atom. The summed E-state index contributed by atoms with van der Waals surface area (Å²) in [6.07, 6.45) is 0. The first-order valence-electron chi connectivity index (χ1n) is 8.34. The minimum absolute atomic E-state index is 0.0403. The van der Waals surface area contributed by atoms with Crippen molar-refractivity contribution in [2.24, 2.45) is 0 Å². The number of hydrogen-bond acceptors (Lipinski definition) is 6. The summed E-state index contributed by atoms with van der Waals surface area (Å²) in [5, 5.41) is 11.8. The van der Waals surface area contributed by atoms with E-state index in [0.717, 1.165) is 4.57 Å². The van der Waals surface area contributed by atoms with Crippen molar-refractivity contribution < 1.29 is 23.9 Å². The third-order valence-corrected chi connectivity index (χ3v) is 7.31. The lowest BCUT2D eigenvalue weighted by Gasteiger charge is -2.49. The second-order valence-electron chi connectivity index (χ2n) is 6.58. The van der Waals surface area contributed by atoms with Crippen molar-refractivity contribution >= 4 is 68.2 Å². The number of aliphatic carboxylic acids is 1. The molecule has 3 heterocycles. The summed E-state index contributed by atoms with van der Waals surface area (Å²) < 4.78 is 6.79. The zero-order valence-electron chi connectivity index (χ0n) is 14.8. The molecule has 4 rings (SSSR count). The van der Waals surface area contributed by atoms with E-state index in [-0.39, 0.29) is 17.8 Å². The van der Waals surface area contributed by atoms with Gasteiger partial charge >= 0.3 is 11.7 Å². The largest absolute Gasteiger partial charge is 0.477 e. The van der Waals surface area contributed by atoms with Gasteiger partial charge in [-0.2, -0.15) is 0 Å². The predicted octanol–water partition coefficient (Wildman–Crippen LogP) is 1.77. The number of fused-ring (bicyclic) bond motifs is 2. The normalized spacial score (nSPS) is 21.2. The minimum atomic E-state index is -1.18. The number of carboxylic acids is 1. The van der Waals surface area contributed by atoms with Crippen LogP contribution in [0.2, 0.25) is 5.02 Å². The Morgan fingerprint density at radius 3 is 2.83 bits per heavy atom. The van der Waals surface area contributed by atoms with Gasteiger partial charge in [-0.1, -0.05) is 11.6 Å². The molecule has 2 N–H and O–H groups in total. The van der Waals surface area contributed by atoms with Gasteiger partial charge in [-0.25, -0.2) is 9.59 Å². The average Bonchev–Trinajstić information content (AvgIpc) is 2.94. The molecule has 1 saturated heterocycles. The second-order valence-corrected chi connectivity index (χ2v) is 8.94. The van der Waals surface area contributed by atoms with Gasteiger partial charge < -0.3 is 14.8 Å². The highest BCUT2D eigenvalue weighted by molar-refractivity contribution is 9.10. The number of benzene rings is 1. The molecule has 2 aliphatic heterocycles. The van der Waals surface area contributed by atoms with E-state index in [9.17, 15) is 24.3 Å². The van der Waals surface area contributed by atoms with E-state index in [2.05, 4.69) is 21.2 Å². The number of carbonyl (C=O) groups is 3. The van der Waals surface area contributed by atoms with E-state index >= 15 is 0 Å². The molecule has 12 heteroatoms. The molecule has 0 radical (unpaired) electrons. The molecule has 1 unspecified atom stereocenters. The second kappa shape index (κ2) is 7.22. The molecule has 1 aromatic heterocycles. The third kappa shape index (κ3) is 3.26. The van der Waals surface area contributed by atoms with Gasteiger partial charge in [0, 0.05) is 10.2 Å². The molecular weight excluding hydrogens is 490 g/mol. The Morgan fingerprint density at radius 2 is 2.14 bits per heavy atom. The van der Waals surface area contributed by atoms with E-state index in [4.69, 9.17) is 16.0 Å². The van der Waals surface area contributed by atoms with Crippen molar-refractivity contribution in [1.82, 2.24) is 14.8 Å². The van der Waals surface area contributed by atoms with Crippen LogP contribution in [-0.4, -0.2) is 49.5 Å². The van der Waals surface area contributed by atoms with Crippen molar-refractivity contribution in [1.29, 1.82) is 0 Å². The lowest BCUT2D eigenvalue weighted by Crippen LogP contribution is -2.70. The standard InChI is InChI=1S/C17H13BrClN3O6S/c1-6-5-29-15-12(14(24)22(15)13(6)16(25)26)20-11(23)4-21-9-3-8(19)7(18)2-10(9)28-17(21)27/h2-3,12,15H,4-5H2,1H3,(H,20,23)(H,25,26)/t12?,15-/m1/s1. The number of nitrogens with one attached hydrogen (secondary N) is 1. The number of carbonyl (C=O) groups excluding carboxylic acids is 2. The molecule has 1 aromatic carbocycles. The monoisotopic (exact) mass is 501 g/mol. The lowest BCUT2D eigenvalue weighted by atomic mass is 10.0. The zero-order chi connectivity index (χ0) is 21.0. The van der Waals surface area contributed by atoms with Gasteiger partial charge in [0.25, 0.3) is 5.91 Å². The van der Waals surface area contributed by atoms with Gasteiger partial charge in [0.2, 0.25) is 5.91 Å². The highest BCUT2D eigenvalue weighted by Crippen LogP contribution is 2.40. The molecule has 0 spiro atoms. The molecule has 2 aliphatic rings. The highest BCUT2D eigenvalue weighted by Gasteiger charge is 2.53. The van der Waals surface area contributed by atoms with Crippen LogP contribution in [0, 0.1) is 0 Å². The Bertz CT molecular complexity index is 1170. The van der Waals surface area contributed by atoms with Crippen LogP contribution in [0.3, 0.4) is 0 Å². The number of oxazole rings is 1. The predicted molar refractivity (Wildman–Crippen MR) is 109 cm³/mol. The SMILES string of the molecule is CC1=C(C(=O)O)N2C(=O)C(NC(=O)Cn3c(=O)oc4cc(Br)c(Cl)cc43)[C@H]2SC1. The number of thioether (sulfide) groups is 1. The zero-order valence-corrected chi connectivity index (χ0v) is 17.9. The molecule has 2 amide bonds. The van der Waals surface area contributed by atoms with Crippen LogP contribution in [0.4, 0.5) is 0 Å². The van der Waals surface area contributed by atoms with Crippen LogP contribution in [0.1, 0.15) is 6.92 Å². The Balaban J connectivity index is 1.52. The van der Waals surface area contributed by atoms with Gasteiger partial charge in [-0.05, 0) is 40.6 Å². The van der Waals surface area contributed by atoms with E-state index in [1.807, 2.05) is 0 Å². The summed E-state index contributed by atoms with van der Waals surface area (Å²) in [5.41, 5.74) is 1.16. The number of aromatic nitrogens is 1. The summed E-state index contributed by atoms with van der Waals surface area (Å²) in [4.78, 5) is 49.7. The molecular formula is C17H13BrClN3O6S. The van der Waals surface area contributed by atoms with Crippen molar-refractivity contribution in [3.8, 4) is 0 Å². The summed E-state index contributed by atoms with van der Waals surface area (Å²) in [7, 11) is 0. The van der Waals surface area contributed by atoms with Crippen molar-refractivity contribution in [3.05, 3.63) is 43.4 Å². The van der Waals surface area contributed by atoms with E-state index in [0.29, 0.717) is 26.3 Å². The molecule has 0 saturated carbocycles. The molecule has 1 fully saturated rings. The highest BCUT2D eigenvalue weighted by atomic mass is 79.9. The smallest absolute Gasteiger partial charge is 0.420 e. The first kappa shape index (κ1) is 20.0. The fraction of sp³-hybridized carbons (Fsp3) is 0.294. The van der Waals surface area contributed by atoms with E-state index < -0.39 is 35.0 Å². The fourth-order valence-electron chi connectivity index (χ4n) is 3.35. The van der Waals surface area contributed by atoms with Crippen molar-refractivity contribution in [2.45, 2.75) is 24.9 Å². The number of nitrogens with zero attached hydrogens (tertiary/aromatic N) is 2.